The molecule has 0 saturated carbocycles. The number of anilines is 1. The van der Waals surface area contributed by atoms with Crippen LogP contribution in [-0.2, 0) is 6.61 Å². The Balaban J connectivity index is 1.38. The highest BCUT2D eigenvalue weighted by Crippen LogP contribution is 2.38. The number of nitrogens with one attached hydrogen (secondary N) is 1. The maximum absolute atomic E-state index is 6.03. The Morgan fingerprint density at radius 3 is 2.66 bits per heavy atom. The van der Waals surface area contributed by atoms with Crippen molar-refractivity contribution in [1.82, 2.24) is 25.3 Å². The van der Waals surface area contributed by atoms with Crippen LogP contribution < -0.4 is 15.0 Å². The molecule has 1 saturated heterocycles. The average molecular weight is 390 g/mol. The molecule has 7 nitrogen and oxygen atoms in total. The number of fused-ring (bicyclic) bond motifs is 3. The van der Waals surface area contributed by atoms with Gasteiger partial charge in [-0.3, -0.25) is 0 Å². The molecule has 0 bridgehead atoms. The minimum Gasteiger partial charge on any atom is -0.472 e. The van der Waals surface area contributed by atoms with Gasteiger partial charge in [-0.05, 0) is 62.6 Å². The Morgan fingerprint density at radius 2 is 1.86 bits per heavy atom. The summed E-state index contributed by atoms with van der Waals surface area (Å²) in [6.07, 6.45) is 4.48. The zero-order chi connectivity index (χ0) is 20.0. The van der Waals surface area contributed by atoms with Gasteiger partial charge in [0, 0.05) is 30.2 Å². The summed E-state index contributed by atoms with van der Waals surface area (Å²) in [4.78, 5) is 8.80. The summed E-state index contributed by atoms with van der Waals surface area (Å²) in [6.45, 7) is 9.13. The molecule has 1 atom stereocenters. The highest BCUT2D eigenvalue weighted by Gasteiger charge is 2.28. The SMILES string of the molecule is CC(C)(C)NC1CCN(c2ccc3c(n2)OCc2cc(-n4nccn4)ccc2-3)C1. The second-order valence-electron chi connectivity index (χ2n) is 8.80. The van der Waals surface area contributed by atoms with Crippen LogP contribution in [0.5, 0.6) is 5.88 Å². The molecule has 2 aliphatic rings. The summed E-state index contributed by atoms with van der Waals surface area (Å²) in [7, 11) is 0. The molecular formula is C22H26N6O. The van der Waals surface area contributed by atoms with Crippen molar-refractivity contribution >= 4 is 5.82 Å². The molecule has 2 aliphatic heterocycles. The van der Waals surface area contributed by atoms with Crippen molar-refractivity contribution in [3.8, 4) is 22.7 Å². The van der Waals surface area contributed by atoms with Gasteiger partial charge in [-0.1, -0.05) is 6.07 Å². The fourth-order valence-corrected chi connectivity index (χ4v) is 4.20. The van der Waals surface area contributed by atoms with Crippen LogP contribution in [0.25, 0.3) is 16.8 Å². The Kier molecular flexibility index (Phi) is 4.28. The number of benzene rings is 1. The molecule has 1 unspecified atom stereocenters. The largest absolute Gasteiger partial charge is 0.472 e. The molecule has 0 spiro atoms. The van der Waals surface area contributed by atoms with Gasteiger partial charge in [-0.25, -0.2) is 0 Å². The zero-order valence-electron chi connectivity index (χ0n) is 17.1. The first kappa shape index (κ1) is 18.1. The fourth-order valence-electron chi connectivity index (χ4n) is 4.20. The average Bonchev–Trinajstić information content (AvgIpc) is 3.38. The lowest BCUT2D eigenvalue weighted by atomic mass is 9.98. The van der Waals surface area contributed by atoms with Crippen LogP contribution in [-0.4, -0.2) is 44.6 Å². The summed E-state index contributed by atoms with van der Waals surface area (Å²) in [6, 6.07) is 11.0. The Morgan fingerprint density at radius 1 is 1.07 bits per heavy atom. The zero-order valence-corrected chi connectivity index (χ0v) is 17.1. The van der Waals surface area contributed by atoms with Crippen molar-refractivity contribution in [1.29, 1.82) is 0 Å². The van der Waals surface area contributed by atoms with E-state index in [4.69, 9.17) is 9.72 Å². The quantitative estimate of drug-likeness (QED) is 0.741. The molecule has 150 valence electrons. The van der Waals surface area contributed by atoms with Gasteiger partial charge >= 0.3 is 0 Å². The van der Waals surface area contributed by atoms with Crippen molar-refractivity contribution in [3.63, 3.8) is 0 Å². The van der Waals surface area contributed by atoms with E-state index in [-0.39, 0.29) is 5.54 Å². The molecule has 1 aromatic carbocycles. The van der Waals surface area contributed by atoms with E-state index >= 15 is 0 Å². The van der Waals surface area contributed by atoms with Gasteiger partial charge in [0.15, 0.2) is 0 Å². The van der Waals surface area contributed by atoms with Gasteiger partial charge in [0.25, 0.3) is 0 Å². The number of aromatic nitrogens is 4. The van der Waals surface area contributed by atoms with Gasteiger partial charge in [0.2, 0.25) is 5.88 Å². The summed E-state index contributed by atoms with van der Waals surface area (Å²) in [5.41, 5.74) is 4.38. The van der Waals surface area contributed by atoms with E-state index < -0.39 is 0 Å². The third-order valence-electron chi connectivity index (χ3n) is 5.39. The standard InChI is InChI=1S/C22H26N6O/c1-22(2,3)26-16-8-11-27(13-16)20-7-6-19-18-5-4-17(28-23-9-10-24-28)12-15(18)14-29-21(19)25-20/h4-7,9-10,12,16,26H,8,11,13-14H2,1-3H3. The van der Waals surface area contributed by atoms with Crippen LogP contribution in [0.4, 0.5) is 5.82 Å². The lowest BCUT2D eigenvalue weighted by Gasteiger charge is -2.26. The smallest absolute Gasteiger partial charge is 0.223 e. The molecule has 5 rings (SSSR count). The lowest BCUT2D eigenvalue weighted by Crippen LogP contribution is -2.44. The Labute approximate surface area is 170 Å². The minimum absolute atomic E-state index is 0.126. The van der Waals surface area contributed by atoms with Gasteiger partial charge in [0.05, 0.1) is 18.1 Å². The molecule has 0 radical (unpaired) electrons. The fraction of sp³-hybridized carbons (Fsp3) is 0.409. The first-order valence-corrected chi connectivity index (χ1v) is 10.1. The van der Waals surface area contributed by atoms with E-state index in [2.05, 4.69) is 65.5 Å². The van der Waals surface area contributed by atoms with E-state index in [1.165, 1.54) is 0 Å². The van der Waals surface area contributed by atoms with Crippen LogP contribution in [0.2, 0.25) is 0 Å². The predicted octanol–water partition coefficient (Wildman–Crippen LogP) is 3.19. The molecule has 3 aromatic rings. The highest BCUT2D eigenvalue weighted by molar-refractivity contribution is 5.75. The van der Waals surface area contributed by atoms with E-state index in [0.717, 1.165) is 47.7 Å². The first-order valence-electron chi connectivity index (χ1n) is 10.1. The Bertz CT molecular complexity index is 1020. The number of ether oxygens (including phenoxy) is 1. The van der Waals surface area contributed by atoms with Crippen molar-refractivity contribution in [2.45, 2.75) is 45.4 Å². The van der Waals surface area contributed by atoms with E-state index in [1.807, 2.05) is 6.07 Å². The van der Waals surface area contributed by atoms with Crippen molar-refractivity contribution < 1.29 is 4.74 Å². The van der Waals surface area contributed by atoms with Gasteiger partial charge in [-0.15, -0.1) is 0 Å². The third kappa shape index (κ3) is 3.58. The van der Waals surface area contributed by atoms with Crippen LogP contribution >= 0.6 is 0 Å². The topological polar surface area (TPSA) is 68.1 Å². The first-order chi connectivity index (χ1) is 14.0. The summed E-state index contributed by atoms with van der Waals surface area (Å²) in [5, 5.41) is 12.1. The van der Waals surface area contributed by atoms with Gasteiger partial charge in [-0.2, -0.15) is 20.0 Å². The summed E-state index contributed by atoms with van der Waals surface area (Å²) >= 11 is 0. The maximum atomic E-state index is 6.03. The third-order valence-corrected chi connectivity index (χ3v) is 5.39. The van der Waals surface area contributed by atoms with Crippen LogP contribution in [0.1, 0.15) is 32.8 Å². The molecule has 1 fully saturated rings. The molecule has 29 heavy (non-hydrogen) atoms. The van der Waals surface area contributed by atoms with Gasteiger partial charge < -0.3 is 15.0 Å². The normalized spacial score (nSPS) is 18.3. The number of hydrogen-bond acceptors (Lipinski definition) is 6. The van der Waals surface area contributed by atoms with Crippen LogP contribution in [0.15, 0.2) is 42.7 Å². The maximum Gasteiger partial charge on any atom is 0.223 e. The second-order valence-corrected chi connectivity index (χ2v) is 8.80. The van der Waals surface area contributed by atoms with Crippen LogP contribution in [0, 0.1) is 0 Å². The van der Waals surface area contributed by atoms with E-state index in [1.54, 1.807) is 17.2 Å². The molecule has 0 aliphatic carbocycles. The Hall–Kier alpha value is -2.93. The molecule has 7 heteroatoms. The molecule has 4 heterocycles. The van der Waals surface area contributed by atoms with E-state index in [9.17, 15) is 0 Å². The van der Waals surface area contributed by atoms with E-state index in [0.29, 0.717) is 18.5 Å². The molecule has 0 amide bonds. The van der Waals surface area contributed by atoms with Crippen molar-refractivity contribution in [3.05, 3.63) is 48.3 Å². The summed E-state index contributed by atoms with van der Waals surface area (Å²) < 4.78 is 6.03. The molecule has 1 N–H and O–H groups in total. The molecule has 2 aromatic heterocycles. The monoisotopic (exact) mass is 390 g/mol. The molecular weight excluding hydrogens is 364 g/mol. The predicted molar refractivity (Wildman–Crippen MR) is 112 cm³/mol. The number of rotatable bonds is 3. The highest BCUT2D eigenvalue weighted by atomic mass is 16.5. The van der Waals surface area contributed by atoms with Gasteiger partial charge in [0.1, 0.15) is 12.4 Å². The second kappa shape index (κ2) is 6.84. The minimum atomic E-state index is 0.126. The lowest BCUT2D eigenvalue weighted by molar-refractivity contribution is 0.290. The van der Waals surface area contributed by atoms with Crippen LogP contribution in [0.3, 0.4) is 0 Å². The number of pyridine rings is 1. The van der Waals surface area contributed by atoms with Crippen molar-refractivity contribution in [2.75, 3.05) is 18.0 Å². The summed E-state index contributed by atoms with van der Waals surface area (Å²) in [5.74, 6) is 1.70. The number of hydrogen-bond donors (Lipinski definition) is 1. The number of nitrogens with zero attached hydrogens (tertiary/aromatic N) is 5. The van der Waals surface area contributed by atoms with Crippen molar-refractivity contribution in [2.24, 2.45) is 0 Å².